The van der Waals surface area contributed by atoms with Crippen molar-refractivity contribution < 1.29 is 19.1 Å². The normalized spacial score (nSPS) is 10.6. The van der Waals surface area contributed by atoms with Crippen LogP contribution in [-0.4, -0.2) is 25.5 Å². The zero-order valence-corrected chi connectivity index (χ0v) is 18.4. The van der Waals surface area contributed by atoms with Crippen molar-refractivity contribution in [1.29, 1.82) is 5.26 Å². The molecule has 0 radical (unpaired) electrons. The number of hydrogen-bond acceptors (Lipinski definition) is 5. The zero-order valence-electron chi connectivity index (χ0n) is 17.7. The van der Waals surface area contributed by atoms with Crippen LogP contribution < -0.4 is 20.1 Å². The summed E-state index contributed by atoms with van der Waals surface area (Å²) in [4.78, 5) is 24.8. The number of anilines is 2. The number of carbonyl (C=O) groups is 2. The molecule has 7 nitrogen and oxygen atoms in total. The van der Waals surface area contributed by atoms with Crippen LogP contribution in [0, 0.1) is 11.3 Å². The first-order valence-electron chi connectivity index (χ1n) is 9.83. The molecular weight excluding hydrogens is 442 g/mol. The predicted molar refractivity (Wildman–Crippen MR) is 127 cm³/mol. The van der Waals surface area contributed by atoms with Crippen LogP contribution >= 0.6 is 11.6 Å². The summed E-state index contributed by atoms with van der Waals surface area (Å²) in [5.74, 6) is 0.0968. The Morgan fingerprint density at radius 2 is 1.61 bits per heavy atom. The van der Waals surface area contributed by atoms with Crippen LogP contribution in [0.15, 0.2) is 78.4 Å². The molecule has 0 spiro atoms. The molecule has 0 saturated heterocycles. The van der Waals surface area contributed by atoms with Crippen LogP contribution in [0.2, 0.25) is 5.02 Å². The van der Waals surface area contributed by atoms with E-state index in [4.69, 9.17) is 21.1 Å². The Kier molecular flexibility index (Phi) is 8.06. The summed E-state index contributed by atoms with van der Waals surface area (Å²) >= 11 is 5.85. The standard InChI is InChI=1S/C25H20ClN3O4/c1-32-22-12-10-20(11-13-22)28-24(30)16-33-23-5-3-2-4-17(23)14-18(15-27)25(31)29-21-8-6-19(26)7-9-21/h2-14H,16H2,1H3,(H,28,30)(H,29,31). The van der Waals surface area contributed by atoms with E-state index in [9.17, 15) is 14.9 Å². The molecule has 3 aromatic rings. The number of hydrogen-bond donors (Lipinski definition) is 2. The molecule has 3 aromatic carbocycles. The summed E-state index contributed by atoms with van der Waals surface area (Å²) in [6.45, 7) is -0.254. The van der Waals surface area contributed by atoms with Gasteiger partial charge in [-0.05, 0) is 60.7 Å². The van der Waals surface area contributed by atoms with E-state index >= 15 is 0 Å². The van der Waals surface area contributed by atoms with Gasteiger partial charge in [-0.15, -0.1) is 0 Å². The van der Waals surface area contributed by atoms with Gasteiger partial charge in [0, 0.05) is 22.0 Å². The summed E-state index contributed by atoms with van der Waals surface area (Å²) < 4.78 is 10.7. The van der Waals surface area contributed by atoms with Crippen LogP contribution in [0.3, 0.4) is 0 Å². The van der Waals surface area contributed by atoms with Crippen molar-refractivity contribution in [2.75, 3.05) is 24.4 Å². The van der Waals surface area contributed by atoms with Gasteiger partial charge in [0.25, 0.3) is 11.8 Å². The number of methoxy groups -OCH3 is 1. The number of amides is 2. The van der Waals surface area contributed by atoms with Gasteiger partial charge >= 0.3 is 0 Å². The van der Waals surface area contributed by atoms with Crippen molar-refractivity contribution >= 4 is 40.9 Å². The first-order valence-corrected chi connectivity index (χ1v) is 10.2. The van der Waals surface area contributed by atoms with Gasteiger partial charge in [-0.25, -0.2) is 0 Å². The highest BCUT2D eigenvalue weighted by molar-refractivity contribution is 6.30. The van der Waals surface area contributed by atoms with Crippen molar-refractivity contribution in [3.05, 3.63) is 89.0 Å². The number of nitrogens with zero attached hydrogens (tertiary/aromatic N) is 1. The molecule has 166 valence electrons. The SMILES string of the molecule is COc1ccc(NC(=O)COc2ccccc2C=C(C#N)C(=O)Nc2ccc(Cl)cc2)cc1. The first kappa shape index (κ1) is 23.4. The average Bonchev–Trinajstić information content (AvgIpc) is 2.83. The number of para-hydroxylation sites is 1. The van der Waals surface area contributed by atoms with Crippen molar-refractivity contribution in [2.45, 2.75) is 0 Å². The quantitative estimate of drug-likeness (QED) is 0.366. The Bertz CT molecular complexity index is 1200. The van der Waals surface area contributed by atoms with E-state index in [1.54, 1.807) is 79.9 Å². The fourth-order valence-electron chi connectivity index (χ4n) is 2.78. The number of benzene rings is 3. The second-order valence-corrected chi connectivity index (χ2v) is 7.17. The van der Waals surface area contributed by atoms with Gasteiger partial charge < -0.3 is 20.1 Å². The Morgan fingerprint density at radius 3 is 2.27 bits per heavy atom. The second-order valence-electron chi connectivity index (χ2n) is 6.73. The molecule has 3 rings (SSSR count). The summed E-state index contributed by atoms with van der Waals surface area (Å²) in [7, 11) is 1.56. The van der Waals surface area contributed by atoms with Crippen LogP contribution in [-0.2, 0) is 9.59 Å². The van der Waals surface area contributed by atoms with E-state index in [0.717, 1.165) is 0 Å². The van der Waals surface area contributed by atoms with Gasteiger partial charge in [0.1, 0.15) is 23.1 Å². The molecule has 0 bridgehead atoms. The van der Waals surface area contributed by atoms with E-state index in [1.165, 1.54) is 6.08 Å². The van der Waals surface area contributed by atoms with Crippen LogP contribution in [0.1, 0.15) is 5.56 Å². The van der Waals surface area contributed by atoms with Gasteiger partial charge in [0.05, 0.1) is 7.11 Å². The number of nitriles is 1. The Hall–Kier alpha value is -4.28. The summed E-state index contributed by atoms with van der Waals surface area (Å²) in [6.07, 6.45) is 1.40. The van der Waals surface area contributed by atoms with Crippen LogP contribution in [0.25, 0.3) is 6.08 Å². The van der Waals surface area contributed by atoms with E-state index in [0.29, 0.717) is 33.5 Å². The van der Waals surface area contributed by atoms with Crippen LogP contribution in [0.4, 0.5) is 11.4 Å². The lowest BCUT2D eigenvalue weighted by Crippen LogP contribution is -2.20. The number of halogens is 1. The molecule has 0 aliphatic rings. The minimum atomic E-state index is -0.577. The lowest BCUT2D eigenvalue weighted by Gasteiger charge is -2.11. The molecule has 0 aromatic heterocycles. The fraction of sp³-hybridized carbons (Fsp3) is 0.0800. The third-order valence-electron chi connectivity index (χ3n) is 4.42. The molecule has 0 heterocycles. The zero-order chi connectivity index (χ0) is 23.6. The molecule has 33 heavy (non-hydrogen) atoms. The predicted octanol–water partition coefficient (Wildman–Crippen LogP) is 4.91. The maximum absolute atomic E-state index is 12.5. The maximum atomic E-state index is 12.5. The molecule has 0 aliphatic carbocycles. The minimum Gasteiger partial charge on any atom is -0.497 e. The van der Waals surface area contributed by atoms with E-state index in [-0.39, 0.29) is 18.1 Å². The number of ether oxygens (including phenoxy) is 2. The van der Waals surface area contributed by atoms with E-state index < -0.39 is 5.91 Å². The molecule has 0 unspecified atom stereocenters. The molecule has 0 saturated carbocycles. The fourth-order valence-corrected chi connectivity index (χ4v) is 2.91. The Balaban J connectivity index is 1.67. The molecule has 8 heteroatoms. The molecule has 0 aliphatic heterocycles. The van der Waals surface area contributed by atoms with Crippen molar-refractivity contribution in [1.82, 2.24) is 0 Å². The highest BCUT2D eigenvalue weighted by Gasteiger charge is 2.12. The monoisotopic (exact) mass is 461 g/mol. The van der Waals surface area contributed by atoms with Gasteiger partial charge in [-0.1, -0.05) is 29.8 Å². The van der Waals surface area contributed by atoms with Gasteiger partial charge in [-0.2, -0.15) is 5.26 Å². The second kappa shape index (κ2) is 11.4. The Morgan fingerprint density at radius 1 is 0.970 bits per heavy atom. The van der Waals surface area contributed by atoms with Crippen molar-refractivity contribution in [2.24, 2.45) is 0 Å². The lowest BCUT2D eigenvalue weighted by atomic mass is 10.1. The van der Waals surface area contributed by atoms with Gasteiger partial charge in [-0.3, -0.25) is 9.59 Å². The minimum absolute atomic E-state index is 0.122. The molecular formula is C25H20ClN3O4. The van der Waals surface area contributed by atoms with Crippen molar-refractivity contribution in [3.8, 4) is 17.6 Å². The third-order valence-corrected chi connectivity index (χ3v) is 4.67. The van der Waals surface area contributed by atoms with E-state index in [1.807, 2.05) is 6.07 Å². The average molecular weight is 462 g/mol. The summed E-state index contributed by atoms with van der Waals surface area (Å²) in [6, 6.07) is 22.1. The smallest absolute Gasteiger partial charge is 0.266 e. The number of nitrogens with one attached hydrogen (secondary N) is 2. The highest BCUT2D eigenvalue weighted by Crippen LogP contribution is 2.22. The third kappa shape index (κ3) is 6.86. The topological polar surface area (TPSA) is 100 Å². The lowest BCUT2D eigenvalue weighted by molar-refractivity contribution is -0.118. The van der Waals surface area contributed by atoms with E-state index in [2.05, 4.69) is 10.6 Å². The summed E-state index contributed by atoms with van der Waals surface area (Å²) in [5, 5.41) is 15.4. The molecule has 2 amide bonds. The largest absolute Gasteiger partial charge is 0.497 e. The van der Waals surface area contributed by atoms with Crippen molar-refractivity contribution in [3.63, 3.8) is 0 Å². The Labute approximate surface area is 196 Å². The highest BCUT2D eigenvalue weighted by atomic mass is 35.5. The maximum Gasteiger partial charge on any atom is 0.266 e. The molecule has 0 atom stereocenters. The van der Waals surface area contributed by atoms with Gasteiger partial charge in [0.15, 0.2) is 6.61 Å². The summed E-state index contributed by atoms with van der Waals surface area (Å²) in [5.41, 5.74) is 1.47. The van der Waals surface area contributed by atoms with Crippen LogP contribution in [0.5, 0.6) is 11.5 Å². The van der Waals surface area contributed by atoms with Gasteiger partial charge in [0.2, 0.25) is 0 Å². The first-order chi connectivity index (χ1) is 16.0. The number of rotatable bonds is 8. The molecule has 0 fully saturated rings. The molecule has 2 N–H and O–H groups in total. The number of carbonyl (C=O) groups excluding carboxylic acids is 2.